The molecule has 6 nitrogen and oxygen atoms in total. The standard InChI is InChI=1S/C14H17ClN2O4/c15-12-9-10(5-6-13(12)17(20)21)14(19)16(7-2-8-18)11-3-1-4-11/h5-6,9,11,18H,1-4,7-8H2. The molecule has 0 radical (unpaired) electrons. The molecular weight excluding hydrogens is 296 g/mol. The molecule has 0 aliphatic heterocycles. The molecule has 1 aliphatic carbocycles. The lowest BCUT2D eigenvalue weighted by molar-refractivity contribution is -0.384. The largest absolute Gasteiger partial charge is 0.396 e. The fourth-order valence-electron chi connectivity index (χ4n) is 2.34. The van der Waals surface area contributed by atoms with Crippen LogP contribution < -0.4 is 0 Å². The number of amides is 1. The highest BCUT2D eigenvalue weighted by molar-refractivity contribution is 6.33. The minimum absolute atomic E-state index is 0.0253. The maximum Gasteiger partial charge on any atom is 0.287 e. The van der Waals surface area contributed by atoms with Crippen molar-refractivity contribution in [2.45, 2.75) is 31.7 Å². The number of hydrogen-bond acceptors (Lipinski definition) is 4. The van der Waals surface area contributed by atoms with Crippen LogP contribution in [-0.4, -0.2) is 40.0 Å². The van der Waals surface area contributed by atoms with Gasteiger partial charge in [-0.25, -0.2) is 0 Å². The van der Waals surface area contributed by atoms with E-state index in [2.05, 4.69) is 0 Å². The molecule has 0 bridgehead atoms. The van der Waals surface area contributed by atoms with E-state index in [0.29, 0.717) is 18.5 Å². The van der Waals surface area contributed by atoms with Crippen molar-refractivity contribution in [3.05, 3.63) is 38.9 Å². The van der Waals surface area contributed by atoms with Gasteiger partial charge in [-0.3, -0.25) is 14.9 Å². The molecule has 114 valence electrons. The van der Waals surface area contributed by atoms with E-state index in [1.54, 1.807) is 4.90 Å². The highest BCUT2D eigenvalue weighted by Crippen LogP contribution is 2.29. The van der Waals surface area contributed by atoms with Crippen molar-refractivity contribution in [1.29, 1.82) is 0 Å². The van der Waals surface area contributed by atoms with Crippen LogP contribution >= 0.6 is 11.6 Å². The van der Waals surface area contributed by atoms with Crippen molar-refractivity contribution in [3.63, 3.8) is 0 Å². The maximum atomic E-state index is 12.5. The van der Waals surface area contributed by atoms with Crippen LogP contribution in [0.25, 0.3) is 0 Å². The highest BCUT2D eigenvalue weighted by Gasteiger charge is 2.29. The number of aliphatic hydroxyl groups is 1. The second-order valence-corrected chi connectivity index (χ2v) is 5.49. The summed E-state index contributed by atoms with van der Waals surface area (Å²) in [5.41, 5.74) is 0.134. The molecule has 1 fully saturated rings. The van der Waals surface area contributed by atoms with E-state index in [1.165, 1.54) is 18.2 Å². The first kappa shape index (κ1) is 15.7. The number of aliphatic hydroxyl groups excluding tert-OH is 1. The van der Waals surface area contributed by atoms with E-state index in [0.717, 1.165) is 19.3 Å². The first-order valence-electron chi connectivity index (χ1n) is 6.90. The summed E-state index contributed by atoms with van der Waals surface area (Å²) in [6.45, 7) is 0.506. The lowest BCUT2D eigenvalue weighted by Crippen LogP contribution is -2.45. The minimum Gasteiger partial charge on any atom is -0.396 e. The maximum absolute atomic E-state index is 12.5. The predicted molar refractivity (Wildman–Crippen MR) is 78.5 cm³/mol. The van der Waals surface area contributed by atoms with E-state index in [1.807, 2.05) is 0 Å². The summed E-state index contributed by atoms with van der Waals surface area (Å²) in [7, 11) is 0. The average molecular weight is 313 g/mol. The normalized spacial score (nSPS) is 14.6. The van der Waals surface area contributed by atoms with Crippen molar-refractivity contribution in [3.8, 4) is 0 Å². The number of carbonyl (C=O) groups is 1. The van der Waals surface area contributed by atoms with E-state index in [4.69, 9.17) is 16.7 Å². The van der Waals surface area contributed by atoms with Crippen molar-refractivity contribution in [1.82, 2.24) is 4.90 Å². The first-order valence-corrected chi connectivity index (χ1v) is 7.28. The molecule has 1 amide bonds. The molecular formula is C14H17ClN2O4. The molecule has 1 N–H and O–H groups in total. The number of nitro benzene ring substituents is 1. The van der Waals surface area contributed by atoms with Crippen LogP contribution in [0.4, 0.5) is 5.69 Å². The van der Waals surface area contributed by atoms with Gasteiger partial charge in [-0.15, -0.1) is 0 Å². The lowest BCUT2D eigenvalue weighted by Gasteiger charge is -2.37. The molecule has 0 spiro atoms. The van der Waals surface area contributed by atoms with Crippen LogP contribution in [0.2, 0.25) is 5.02 Å². The predicted octanol–water partition coefficient (Wildman–Crippen LogP) is 2.63. The number of benzene rings is 1. The summed E-state index contributed by atoms with van der Waals surface area (Å²) >= 11 is 5.85. The Hall–Kier alpha value is -1.66. The quantitative estimate of drug-likeness (QED) is 0.646. The molecule has 0 atom stereocenters. The van der Waals surface area contributed by atoms with Gasteiger partial charge in [0, 0.05) is 30.8 Å². The van der Waals surface area contributed by atoms with E-state index >= 15 is 0 Å². The Balaban J connectivity index is 2.19. The van der Waals surface area contributed by atoms with Crippen LogP contribution in [-0.2, 0) is 0 Å². The van der Waals surface area contributed by atoms with Gasteiger partial charge < -0.3 is 10.0 Å². The van der Waals surface area contributed by atoms with Crippen molar-refractivity contribution < 1.29 is 14.8 Å². The van der Waals surface area contributed by atoms with Crippen LogP contribution in [0.5, 0.6) is 0 Å². The summed E-state index contributed by atoms with van der Waals surface area (Å²) < 4.78 is 0. The van der Waals surface area contributed by atoms with Gasteiger partial charge in [-0.2, -0.15) is 0 Å². The summed E-state index contributed by atoms with van der Waals surface area (Å²) in [5, 5.41) is 19.6. The summed E-state index contributed by atoms with van der Waals surface area (Å²) in [6.07, 6.45) is 3.52. The van der Waals surface area contributed by atoms with E-state index in [-0.39, 0.29) is 29.3 Å². The van der Waals surface area contributed by atoms with Gasteiger partial charge in [0.05, 0.1) is 4.92 Å². The van der Waals surface area contributed by atoms with Crippen LogP contribution in [0.3, 0.4) is 0 Å². The molecule has 1 saturated carbocycles. The summed E-state index contributed by atoms with van der Waals surface area (Å²) in [5.74, 6) is -0.190. The van der Waals surface area contributed by atoms with Crippen LogP contribution in [0.1, 0.15) is 36.0 Å². The third-order valence-corrected chi connectivity index (χ3v) is 4.03. The number of nitrogens with zero attached hydrogens (tertiary/aromatic N) is 2. The summed E-state index contributed by atoms with van der Waals surface area (Å²) in [6, 6.07) is 4.21. The van der Waals surface area contributed by atoms with Gasteiger partial charge in [-0.1, -0.05) is 11.6 Å². The third-order valence-electron chi connectivity index (χ3n) is 3.72. The Kier molecular flexibility index (Phi) is 5.14. The second kappa shape index (κ2) is 6.87. The SMILES string of the molecule is O=C(c1ccc([N+](=O)[O-])c(Cl)c1)N(CCCO)C1CCC1. The molecule has 0 unspecified atom stereocenters. The van der Waals surface area contributed by atoms with Crippen LogP contribution in [0.15, 0.2) is 18.2 Å². The Morgan fingerprint density at radius 2 is 2.19 bits per heavy atom. The Morgan fingerprint density at radius 1 is 1.48 bits per heavy atom. The number of nitro groups is 1. The molecule has 0 saturated heterocycles. The Labute approximate surface area is 127 Å². The van der Waals surface area contributed by atoms with Crippen molar-refractivity contribution in [2.24, 2.45) is 0 Å². The van der Waals surface area contributed by atoms with Crippen LogP contribution in [0, 0.1) is 10.1 Å². The van der Waals surface area contributed by atoms with Gasteiger partial charge in [-0.05, 0) is 37.8 Å². The third kappa shape index (κ3) is 3.51. The fraction of sp³-hybridized carbons (Fsp3) is 0.500. The molecule has 0 aromatic heterocycles. The Morgan fingerprint density at radius 3 is 2.67 bits per heavy atom. The minimum atomic E-state index is -0.577. The molecule has 1 aromatic rings. The molecule has 1 aromatic carbocycles. The molecule has 0 heterocycles. The zero-order valence-electron chi connectivity index (χ0n) is 11.5. The smallest absolute Gasteiger partial charge is 0.287 e. The second-order valence-electron chi connectivity index (χ2n) is 5.08. The van der Waals surface area contributed by atoms with Gasteiger partial charge in [0.1, 0.15) is 5.02 Å². The number of rotatable bonds is 6. The molecule has 21 heavy (non-hydrogen) atoms. The van der Waals surface area contributed by atoms with E-state index < -0.39 is 4.92 Å². The number of hydrogen-bond donors (Lipinski definition) is 1. The van der Waals surface area contributed by atoms with Crippen molar-refractivity contribution >= 4 is 23.2 Å². The van der Waals surface area contributed by atoms with Gasteiger partial charge in [0.2, 0.25) is 0 Å². The topological polar surface area (TPSA) is 83.7 Å². The lowest BCUT2D eigenvalue weighted by atomic mass is 9.90. The van der Waals surface area contributed by atoms with Gasteiger partial charge in [0.15, 0.2) is 0 Å². The number of halogens is 1. The monoisotopic (exact) mass is 312 g/mol. The first-order chi connectivity index (χ1) is 10.0. The average Bonchev–Trinajstić information content (AvgIpc) is 2.39. The molecule has 7 heteroatoms. The highest BCUT2D eigenvalue weighted by atomic mass is 35.5. The fourth-order valence-corrected chi connectivity index (χ4v) is 2.59. The zero-order chi connectivity index (χ0) is 15.4. The Bertz CT molecular complexity index is 546. The van der Waals surface area contributed by atoms with E-state index in [9.17, 15) is 14.9 Å². The van der Waals surface area contributed by atoms with Crippen molar-refractivity contribution in [2.75, 3.05) is 13.2 Å². The van der Waals surface area contributed by atoms with Gasteiger partial charge >= 0.3 is 0 Å². The zero-order valence-corrected chi connectivity index (χ0v) is 12.3. The molecule has 2 rings (SSSR count). The van der Waals surface area contributed by atoms with Gasteiger partial charge in [0.25, 0.3) is 11.6 Å². The number of carbonyl (C=O) groups excluding carboxylic acids is 1. The molecule has 1 aliphatic rings. The summed E-state index contributed by atoms with van der Waals surface area (Å²) in [4.78, 5) is 24.4.